The lowest BCUT2D eigenvalue weighted by Crippen LogP contribution is -1.99. The van der Waals surface area contributed by atoms with Gasteiger partial charge in [0.2, 0.25) is 0 Å². The number of nitrogen functional groups attached to an aromatic ring is 1. The molecule has 94 valence electrons. The number of nitrogens with zero attached hydrogens (tertiary/aromatic N) is 1. The topological polar surface area (TPSA) is 76.2 Å². The lowest BCUT2D eigenvalue weighted by molar-refractivity contribution is 0.0692. The summed E-state index contributed by atoms with van der Waals surface area (Å²) in [6.45, 7) is 0. The molecule has 0 unspecified atom stereocenters. The molecule has 3 aromatic rings. The number of rotatable bonds is 2. The van der Waals surface area contributed by atoms with Crippen LogP contribution in [-0.4, -0.2) is 16.1 Å². The Morgan fingerprint density at radius 3 is 2.63 bits per heavy atom. The van der Waals surface area contributed by atoms with Gasteiger partial charge in [0.15, 0.2) is 10.8 Å². The highest BCUT2D eigenvalue weighted by Crippen LogP contribution is 2.33. The summed E-state index contributed by atoms with van der Waals surface area (Å²) < 4.78 is 0. The van der Waals surface area contributed by atoms with Crippen LogP contribution in [0.4, 0.5) is 5.13 Å². The maximum absolute atomic E-state index is 11.2. The van der Waals surface area contributed by atoms with E-state index in [0.717, 1.165) is 16.3 Å². The van der Waals surface area contributed by atoms with E-state index in [1.165, 1.54) is 11.3 Å². The minimum absolute atomic E-state index is 0.0118. The van der Waals surface area contributed by atoms with Gasteiger partial charge in [-0.2, -0.15) is 0 Å². The van der Waals surface area contributed by atoms with E-state index < -0.39 is 5.97 Å². The molecular weight excluding hydrogens is 260 g/mol. The number of hydrogen-bond donors (Lipinski definition) is 2. The van der Waals surface area contributed by atoms with E-state index in [-0.39, 0.29) is 10.8 Å². The van der Waals surface area contributed by atoms with E-state index in [1.807, 2.05) is 42.5 Å². The number of aromatic carboxylic acids is 1. The van der Waals surface area contributed by atoms with Gasteiger partial charge in [-0.15, -0.1) is 0 Å². The van der Waals surface area contributed by atoms with Crippen molar-refractivity contribution in [3.63, 3.8) is 0 Å². The van der Waals surface area contributed by atoms with Gasteiger partial charge in [-0.05, 0) is 22.4 Å². The molecule has 0 radical (unpaired) electrons. The van der Waals surface area contributed by atoms with Crippen LogP contribution < -0.4 is 5.73 Å². The lowest BCUT2D eigenvalue weighted by Gasteiger charge is -2.02. The van der Waals surface area contributed by atoms with Gasteiger partial charge in [-0.1, -0.05) is 47.7 Å². The van der Waals surface area contributed by atoms with Gasteiger partial charge in [0.25, 0.3) is 0 Å². The number of carboxylic acid groups (broad SMARTS) is 1. The molecular formula is C14H10N2O2S. The second kappa shape index (κ2) is 4.37. The van der Waals surface area contributed by atoms with E-state index in [1.54, 1.807) is 0 Å². The predicted octanol–water partition coefficient (Wildman–Crippen LogP) is 3.24. The zero-order valence-electron chi connectivity index (χ0n) is 9.83. The Labute approximate surface area is 113 Å². The minimum Gasteiger partial charge on any atom is -0.476 e. The van der Waals surface area contributed by atoms with Crippen molar-refractivity contribution in [3.05, 3.63) is 48.2 Å². The standard InChI is InChI=1S/C14H10N2O2S/c15-14-16-11(13(17)18)12(19-14)10-6-5-8-3-1-2-4-9(8)7-10/h1-7H,(H2,15,16)(H,17,18). The van der Waals surface area contributed by atoms with Crippen LogP contribution in [0.2, 0.25) is 0 Å². The predicted molar refractivity (Wildman–Crippen MR) is 76.4 cm³/mol. The van der Waals surface area contributed by atoms with Gasteiger partial charge < -0.3 is 10.8 Å². The highest BCUT2D eigenvalue weighted by atomic mass is 32.1. The molecule has 0 spiro atoms. The van der Waals surface area contributed by atoms with Crippen LogP contribution in [0.5, 0.6) is 0 Å². The zero-order chi connectivity index (χ0) is 13.4. The maximum atomic E-state index is 11.2. The van der Waals surface area contributed by atoms with Crippen molar-refractivity contribution in [2.75, 3.05) is 5.73 Å². The molecule has 3 rings (SSSR count). The van der Waals surface area contributed by atoms with Crippen LogP contribution in [0.1, 0.15) is 10.5 Å². The number of hydrogen-bond acceptors (Lipinski definition) is 4. The molecule has 1 heterocycles. The van der Waals surface area contributed by atoms with Crippen molar-refractivity contribution in [3.8, 4) is 10.4 Å². The van der Waals surface area contributed by atoms with E-state index in [0.29, 0.717) is 4.88 Å². The van der Waals surface area contributed by atoms with Gasteiger partial charge in [-0.25, -0.2) is 9.78 Å². The Bertz CT molecular complexity index is 780. The van der Waals surface area contributed by atoms with Gasteiger partial charge in [0.05, 0.1) is 4.88 Å². The highest BCUT2D eigenvalue weighted by Gasteiger charge is 2.17. The molecule has 0 saturated heterocycles. The maximum Gasteiger partial charge on any atom is 0.356 e. The van der Waals surface area contributed by atoms with Crippen LogP contribution in [0.15, 0.2) is 42.5 Å². The number of carboxylic acids is 1. The quantitative estimate of drug-likeness (QED) is 0.749. The van der Waals surface area contributed by atoms with Crippen LogP contribution in [0, 0.1) is 0 Å². The van der Waals surface area contributed by atoms with Crippen LogP contribution in [0.25, 0.3) is 21.2 Å². The molecule has 0 amide bonds. The molecule has 1 aromatic heterocycles. The van der Waals surface area contributed by atoms with Crippen molar-refractivity contribution in [1.29, 1.82) is 0 Å². The number of anilines is 1. The number of carbonyl (C=O) groups is 1. The Kier molecular flexibility index (Phi) is 2.68. The summed E-state index contributed by atoms with van der Waals surface area (Å²) in [5.74, 6) is -1.06. The van der Waals surface area contributed by atoms with Crippen molar-refractivity contribution in [2.45, 2.75) is 0 Å². The zero-order valence-corrected chi connectivity index (χ0v) is 10.6. The fourth-order valence-electron chi connectivity index (χ4n) is 2.01. The first-order valence-electron chi connectivity index (χ1n) is 5.64. The second-order valence-corrected chi connectivity index (χ2v) is 5.13. The summed E-state index contributed by atoms with van der Waals surface area (Å²) in [5, 5.41) is 11.6. The van der Waals surface area contributed by atoms with Crippen LogP contribution in [0.3, 0.4) is 0 Å². The van der Waals surface area contributed by atoms with Gasteiger partial charge in [0, 0.05) is 0 Å². The van der Waals surface area contributed by atoms with Crippen molar-refractivity contribution in [1.82, 2.24) is 4.98 Å². The van der Waals surface area contributed by atoms with E-state index in [9.17, 15) is 4.79 Å². The largest absolute Gasteiger partial charge is 0.476 e. The summed E-state index contributed by atoms with van der Waals surface area (Å²) in [6, 6.07) is 13.7. The van der Waals surface area contributed by atoms with Crippen molar-refractivity contribution >= 4 is 33.2 Å². The molecule has 4 nitrogen and oxygen atoms in total. The SMILES string of the molecule is Nc1nc(C(=O)O)c(-c2ccc3ccccc3c2)s1. The number of fused-ring (bicyclic) bond motifs is 1. The lowest BCUT2D eigenvalue weighted by atomic mass is 10.1. The van der Waals surface area contributed by atoms with Gasteiger partial charge >= 0.3 is 5.97 Å². The number of thiazole rings is 1. The molecule has 2 aromatic carbocycles. The summed E-state index contributed by atoms with van der Waals surface area (Å²) in [6.07, 6.45) is 0. The molecule has 3 N–H and O–H groups in total. The van der Waals surface area contributed by atoms with Crippen LogP contribution >= 0.6 is 11.3 Å². The third-order valence-electron chi connectivity index (χ3n) is 2.86. The first-order valence-corrected chi connectivity index (χ1v) is 6.45. The van der Waals surface area contributed by atoms with E-state index >= 15 is 0 Å². The highest BCUT2D eigenvalue weighted by molar-refractivity contribution is 7.19. The summed E-state index contributed by atoms with van der Waals surface area (Å²) in [5.41, 5.74) is 6.45. The fraction of sp³-hybridized carbons (Fsp3) is 0. The molecule has 19 heavy (non-hydrogen) atoms. The summed E-state index contributed by atoms with van der Waals surface area (Å²) in [7, 11) is 0. The molecule has 0 bridgehead atoms. The molecule has 5 heteroatoms. The molecule has 0 aliphatic heterocycles. The smallest absolute Gasteiger partial charge is 0.356 e. The Balaban J connectivity index is 2.21. The summed E-state index contributed by atoms with van der Waals surface area (Å²) in [4.78, 5) is 15.6. The monoisotopic (exact) mass is 270 g/mol. The second-order valence-electron chi connectivity index (χ2n) is 4.10. The normalized spacial score (nSPS) is 10.7. The molecule has 0 saturated carbocycles. The van der Waals surface area contributed by atoms with Gasteiger partial charge in [-0.3, -0.25) is 0 Å². The Morgan fingerprint density at radius 2 is 1.89 bits per heavy atom. The molecule has 0 atom stereocenters. The molecule has 0 aliphatic rings. The third kappa shape index (κ3) is 2.04. The van der Waals surface area contributed by atoms with Crippen molar-refractivity contribution in [2.24, 2.45) is 0 Å². The number of benzene rings is 2. The van der Waals surface area contributed by atoms with Gasteiger partial charge in [0.1, 0.15) is 0 Å². The van der Waals surface area contributed by atoms with Crippen LogP contribution in [-0.2, 0) is 0 Å². The van der Waals surface area contributed by atoms with E-state index in [4.69, 9.17) is 10.8 Å². The molecule has 0 aliphatic carbocycles. The average molecular weight is 270 g/mol. The Hall–Kier alpha value is -2.40. The number of nitrogens with two attached hydrogens (primary N) is 1. The Morgan fingerprint density at radius 1 is 1.16 bits per heavy atom. The third-order valence-corrected chi connectivity index (χ3v) is 3.79. The minimum atomic E-state index is -1.06. The van der Waals surface area contributed by atoms with Crippen molar-refractivity contribution < 1.29 is 9.90 Å². The summed E-state index contributed by atoms with van der Waals surface area (Å²) >= 11 is 1.19. The fourth-order valence-corrected chi connectivity index (χ4v) is 2.83. The molecule has 0 fully saturated rings. The first-order chi connectivity index (χ1) is 9.15. The van der Waals surface area contributed by atoms with E-state index in [2.05, 4.69) is 4.98 Å². The average Bonchev–Trinajstić information content (AvgIpc) is 2.80. The number of aromatic nitrogens is 1. The first kappa shape index (κ1) is 11.7.